The molecule has 8 nitrogen and oxygen atoms in total. The molecule has 4 aromatic heterocycles. The SMILES string of the molecule is CC(C)(C)n1cnc2cnc(N)nc21.Cc1ncc2ccn(C(C)(C)C)c2n1. The molecule has 0 radical (unpaired) electrons. The number of hydrogen-bond acceptors (Lipinski definition) is 6. The molecule has 4 rings (SSSR count). The van der Waals surface area contributed by atoms with E-state index in [-0.39, 0.29) is 17.0 Å². The Morgan fingerprint density at radius 2 is 1.50 bits per heavy atom. The van der Waals surface area contributed by atoms with Gasteiger partial charge in [-0.3, -0.25) is 0 Å². The van der Waals surface area contributed by atoms with Gasteiger partial charge in [-0.05, 0) is 54.5 Å². The number of aromatic nitrogens is 7. The average Bonchev–Trinajstić information content (AvgIpc) is 3.17. The highest BCUT2D eigenvalue weighted by atomic mass is 15.2. The van der Waals surface area contributed by atoms with Crippen molar-refractivity contribution < 1.29 is 0 Å². The van der Waals surface area contributed by atoms with Gasteiger partial charge >= 0.3 is 0 Å². The van der Waals surface area contributed by atoms with Gasteiger partial charge in [0.1, 0.15) is 17.0 Å². The smallest absolute Gasteiger partial charge is 0.222 e. The summed E-state index contributed by atoms with van der Waals surface area (Å²) in [5.41, 5.74) is 8.13. The first-order valence-corrected chi connectivity index (χ1v) is 9.24. The van der Waals surface area contributed by atoms with Crippen LogP contribution >= 0.6 is 0 Å². The molecule has 8 heteroatoms. The molecule has 4 aromatic rings. The van der Waals surface area contributed by atoms with Crippen LogP contribution in [0.25, 0.3) is 22.2 Å². The van der Waals surface area contributed by atoms with Crippen LogP contribution in [-0.2, 0) is 11.1 Å². The zero-order valence-electron chi connectivity index (χ0n) is 17.6. The van der Waals surface area contributed by atoms with Crippen molar-refractivity contribution in [3.8, 4) is 0 Å². The minimum atomic E-state index is -0.0461. The highest BCUT2D eigenvalue weighted by molar-refractivity contribution is 5.75. The number of hydrogen-bond donors (Lipinski definition) is 1. The summed E-state index contributed by atoms with van der Waals surface area (Å²) >= 11 is 0. The highest BCUT2D eigenvalue weighted by Crippen LogP contribution is 2.22. The van der Waals surface area contributed by atoms with E-state index < -0.39 is 0 Å². The largest absolute Gasteiger partial charge is 0.368 e. The molecule has 0 fully saturated rings. The maximum absolute atomic E-state index is 5.53. The van der Waals surface area contributed by atoms with E-state index in [9.17, 15) is 0 Å². The van der Waals surface area contributed by atoms with Gasteiger partial charge in [-0.1, -0.05) is 0 Å². The molecule has 0 aromatic carbocycles. The number of rotatable bonds is 0. The van der Waals surface area contributed by atoms with Crippen molar-refractivity contribution in [2.75, 3.05) is 5.73 Å². The fraction of sp³-hybridized carbons (Fsp3) is 0.450. The van der Waals surface area contributed by atoms with Crippen LogP contribution in [0.3, 0.4) is 0 Å². The third kappa shape index (κ3) is 3.95. The van der Waals surface area contributed by atoms with Crippen molar-refractivity contribution in [3.05, 3.63) is 36.8 Å². The Kier molecular flexibility index (Phi) is 4.82. The lowest BCUT2D eigenvalue weighted by Gasteiger charge is -2.21. The summed E-state index contributed by atoms with van der Waals surface area (Å²) in [5.74, 6) is 1.10. The molecular formula is C20H28N8. The van der Waals surface area contributed by atoms with Crippen LogP contribution in [0, 0.1) is 6.92 Å². The summed E-state index contributed by atoms with van der Waals surface area (Å²) in [7, 11) is 0. The zero-order valence-corrected chi connectivity index (χ0v) is 17.6. The molecule has 0 unspecified atom stereocenters. The topological polar surface area (TPSA) is 100 Å². The Morgan fingerprint density at radius 3 is 2.14 bits per heavy atom. The lowest BCUT2D eigenvalue weighted by molar-refractivity contribution is 0.406. The normalized spacial score (nSPS) is 12.2. The molecule has 0 saturated carbocycles. The molecule has 0 spiro atoms. The summed E-state index contributed by atoms with van der Waals surface area (Å²) in [6.07, 6.45) is 7.34. The lowest BCUT2D eigenvalue weighted by Crippen LogP contribution is -2.21. The molecule has 28 heavy (non-hydrogen) atoms. The second kappa shape index (κ2) is 6.85. The van der Waals surface area contributed by atoms with E-state index in [1.807, 2.05) is 17.7 Å². The van der Waals surface area contributed by atoms with Gasteiger partial charge in [-0.15, -0.1) is 0 Å². The van der Waals surface area contributed by atoms with Crippen molar-refractivity contribution in [1.82, 2.24) is 34.1 Å². The first-order chi connectivity index (χ1) is 13.0. The third-order valence-corrected chi connectivity index (χ3v) is 4.30. The Labute approximate surface area is 164 Å². The molecule has 0 aliphatic heterocycles. The van der Waals surface area contributed by atoms with Crippen LogP contribution in [-0.4, -0.2) is 34.1 Å². The summed E-state index contributed by atoms with van der Waals surface area (Å²) in [4.78, 5) is 20.9. The highest BCUT2D eigenvalue weighted by Gasteiger charge is 2.17. The van der Waals surface area contributed by atoms with E-state index in [4.69, 9.17) is 5.73 Å². The predicted octanol–water partition coefficient (Wildman–Crippen LogP) is 3.66. The van der Waals surface area contributed by atoms with Crippen LogP contribution in [0.2, 0.25) is 0 Å². The van der Waals surface area contributed by atoms with Gasteiger partial charge < -0.3 is 14.9 Å². The van der Waals surface area contributed by atoms with E-state index in [1.54, 1.807) is 12.5 Å². The van der Waals surface area contributed by atoms with E-state index in [1.165, 1.54) is 0 Å². The van der Waals surface area contributed by atoms with Crippen LogP contribution in [0.15, 0.2) is 31.0 Å². The van der Waals surface area contributed by atoms with Gasteiger partial charge in [-0.25, -0.2) is 19.9 Å². The van der Waals surface area contributed by atoms with Crippen LogP contribution < -0.4 is 5.73 Å². The van der Waals surface area contributed by atoms with E-state index in [0.717, 1.165) is 28.0 Å². The van der Waals surface area contributed by atoms with Crippen LogP contribution in [0.1, 0.15) is 47.4 Å². The number of nitrogens with two attached hydrogens (primary N) is 1. The van der Waals surface area contributed by atoms with E-state index >= 15 is 0 Å². The number of anilines is 1. The molecule has 0 amide bonds. The van der Waals surface area contributed by atoms with Crippen molar-refractivity contribution in [3.63, 3.8) is 0 Å². The maximum atomic E-state index is 5.53. The second-order valence-corrected chi connectivity index (χ2v) is 8.78. The Bertz CT molecular complexity index is 1020. The van der Waals surface area contributed by atoms with E-state index in [2.05, 4.69) is 83.3 Å². The number of fused-ring (bicyclic) bond motifs is 2. The molecule has 2 N–H and O–H groups in total. The quantitative estimate of drug-likeness (QED) is 0.500. The standard InChI is InChI=1S/C11H15N3.C9H13N5/c1-8-12-7-9-5-6-14(10(9)13-8)11(2,3)4;1-9(2,3)14-5-12-6-4-11-8(10)13-7(6)14/h5-7H,1-4H3;4-5H,1-3H3,(H2,10,11,13). The van der Waals surface area contributed by atoms with Crippen LogP contribution in [0.4, 0.5) is 5.95 Å². The molecule has 0 aliphatic rings. The fourth-order valence-electron chi connectivity index (χ4n) is 2.86. The molecule has 0 bridgehead atoms. The minimum Gasteiger partial charge on any atom is -0.368 e. The minimum absolute atomic E-state index is 0.0461. The second-order valence-electron chi connectivity index (χ2n) is 8.78. The molecule has 148 valence electrons. The average molecular weight is 381 g/mol. The first kappa shape index (κ1) is 19.7. The van der Waals surface area contributed by atoms with Crippen LogP contribution in [0.5, 0.6) is 0 Å². The van der Waals surface area contributed by atoms with Gasteiger partial charge in [0, 0.05) is 28.9 Å². The summed E-state index contributed by atoms with van der Waals surface area (Å²) in [5, 5.41) is 1.10. The zero-order chi connectivity index (χ0) is 20.7. The lowest BCUT2D eigenvalue weighted by atomic mass is 10.1. The van der Waals surface area contributed by atoms with Gasteiger partial charge in [-0.2, -0.15) is 4.98 Å². The Balaban J connectivity index is 0.000000161. The van der Waals surface area contributed by atoms with Gasteiger partial charge in [0.25, 0.3) is 0 Å². The molecule has 4 heterocycles. The number of nitrogen functional groups attached to an aromatic ring is 1. The summed E-state index contributed by atoms with van der Waals surface area (Å²) in [6.45, 7) is 14.7. The van der Waals surface area contributed by atoms with Gasteiger partial charge in [0.15, 0.2) is 5.65 Å². The molecule has 0 saturated heterocycles. The van der Waals surface area contributed by atoms with Crippen molar-refractivity contribution in [2.24, 2.45) is 0 Å². The number of imidazole rings is 1. The predicted molar refractivity (Wildman–Crippen MR) is 112 cm³/mol. The Morgan fingerprint density at radius 1 is 0.821 bits per heavy atom. The molecule has 0 aliphatic carbocycles. The monoisotopic (exact) mass is 380 g/mol. The maximum Gasteiger partial charge on any atom is 0.222 e. The van der Waals surface area contributed by atoms with Crippen molar-refractivity contribution in [1.29, 1.82) is 0 Å². The fourth-order valence-corrected chi connectivity index (χ4v) is 2.86. The van der Waals surface area contributed by atoms with Gasteiger partial charge in [0.05, 0.1) is 12.5 Å². The summed E-state index contributed by atoms with van der Waals surface area (Å²) in [6, 6.07) is 2.06. The number of nitrogens with zero attached hydrogens (tertiary/aromatic N) is 7. The van der Waals surface area contributed by atoms with Gasteiger partial charge in [0.2, 0.25) is 5.95 Å². The molecular weight excluding hydrogens is 352 g/mol. The first-order valence-electron chi connectivity index (χ1n) is 9.24. The van der Waals surface area contributed by atoms with E-state index in [0.29, 0.717) is 0 Å². The Hall–Kier alpha value is -3.03. The molecule has 0 atom stereocenters. The van der Waals surface area contributed by atoms with Crippen molar-refractivity contribution in [2.45, 2.75) is 59.5 Å². The third-order valence-electron chi connectivity index (χ3n) is 4.30. The van der Waals surface area contributed by atoms with Crippen molar-refractivity contribution >= 4 is 28.1 Å². The summed E-state index contributed by atoms with van der Waals surface area (Å²) < 4.78 is 4.16. The number of aryl methyl sites for hydroxylation is 1.